The van der Waals surface area contributed by atoms with Crippen LogP contribution in [0.5, 0.6) is 0 Å². The van der Waals surface area contributed by atoms with Crippen LogP contribution in [0.1, 0.15) is 11.1 Å². The van der Waals surface area contributed by atoms with Crippen LogP contribution in [0, 0.1) is 13.8 Å². The van der Waals surface area contributed by atoms with Crippen LogP contribution >= 0.6 is 24.2 Å². The molecule has 3 rings (SSSR count). The molecule has 1 aliphatic heterocycles. The molecule has 0 aliphatic carbocycles. The van der Waals surface area contributed by atoms with Crippen molar-refractivity contribution in [2.75, 3.05) is 30.0 Å². The molecule has 0 fully saturated rings. The largest absolute Gasteiger partial charge is 0.398 e. The first-order chi connectivity index (χ1) is 9.47. The van der Waals surface area contributed by atoms with Gasteiger partial charge in [-0.2, -0.15) is 0 Å². The Bertz CT molecular complexity index is 698. The first-order valence-electron chi connectivity index (χ1n) is 6.63. The molecule has 21 heavy (non-hydrogen) atoms. The van der Waals surface area contributed by atoms with Gasteiger partial charge in [-0.15, -0.1) is 12.4 Å². The van der Waals surface area contributed by atoms with Gasteiger partial charge < -0.3 is 16.0 Å². The number of nitrogens with zero attached hydrogens (tertiary/aromatic N) is 1. The molecule has 3 N–H and O–H groups in total. The molecular formula is C16H20ClN3S. The number of hydrogen-bond donors (Lipinski definition) is 2. The van der Waals surface area contributed by atoms with Crippen molar-refractivity contribution in [2.24, 2.45) is 0 Å². The van der Waals surface area contributed by atoms with Crippen molar-refractivity contribution in [1.29, 1.82) is 0 Å². The number of hydrogen-bond acceptors (Lipinski definition) is 4. The Morgan fingerprint density at radius 2 is 1.81 bits per heavy atom. The van der Waals surface area contributed by atoms with Crippen molar-refractivity contribution < 1.29 is 0 Å². The normalized spacial score (nSPS) is 11.8. The van der Waals surface area contributed by atoms with Gasteiger partial charge in [0, 0.05) is 35.3 Å². The lowest BCUT2D eigenvalue weighted by atomic mass is 10.1. The van der Waals surface area contributed by atoms with Crippen molar-refractivity contribution in [3.63, 3.8) is 0 Å². The molecule has 5 heteroatoms. The molecule has 0 aromatic heterocycles. The van der Waals surface area contributed by atoms with Crippen LogP contribution < -0.4 is 16.0 Å². The quantitative estimate of drug-likeness (QED) is 0.644. The van der Waals surface area contributed by atoms with Gasteiger partial charge in [0.25, 0.3) is 0 Å². The molecule has 2 aromatic carbocycles. The van der Waals surface area contributed by atoms with Gasteiger partial charge in [-0.3, -0.25) is 0 Å². The van der Waals surface area contributed by atoms with Crippen LogP contribution in [-0.2, 0) is 0 Å². The van der Waals surface area contributed by atoms with Crippen molar-refractivity contribution in [3.8, 4) is 0 Å². The maximum atomic E-state index is 6.15. The van der Waals surface area contributed by atoms with E-state index >= 15 is 0 Å². The van der Waals surface area contributed by atoms with Gasteiger partial charge in [0.15, 0.2) is 0 Å². The van der Waals surface area contributed by atoms with Crippen LogP contribution in [0.2, 0.25) is 0 Å². The fraction of sp³-hybridized carbons (Fsp3) is 0.250. The summed E-state index contributed by atoms with van der Waals surface area (Å²) < 4.78 is 0. The number of fused-ring (bicyclic) bond motifs is 2. The summed E-state index contributed by atoms with van der Waals surface area (Å²) in [5.41, 5.74) is 12.9. The first-order valence-corrected chi connectivity index (χ1v) is 7.45. The molecule has 0 saturated heterocycles. The zero-order valence-electron chi connectivity index (χ0n) is 12.7. The van der Waals surface area contributed by atoms with Crippen molar-refractivity contribution in [2.45, 2.75) is 23.6 Å². The van der Waals surface area contributed by atoms with E-state index < -0.39 is 0 Å². The monoisotopic (exact) mass is 321 g/mol. The molecular weight excluding hydrogens is 302 g/mol. The summed E-state index contributed by atoms with van der Waals surface area (Å²) in [4.78, 5) is 4.60. The van der Waals surface area contributed by atoms with E-state index in [1.54, 1.807) is 11.8 Å². The van der Waals surface area contributed by atoms with E-state index in [2.05, 4.69) is 62.4 Å². The lowest BCUT2D eigenvalue weighted by Crippen LogP contribution is -2.10. The van der Waals surface area contributed by atoms with Crippen LogP contribution in [-0.4, -0.2) is 14.1 Å². The molecule has 1 aliphatic rings. The smallest absolute Gasteiger partial charge is 0.0533 e. The predicted octanol–water partition coefficient (Wildman–Crippen LogP) is 4.58. The highest BCUT2D eigenvalue weighted by Crippen LogP contribution is 2.48. The minimum atomic E-state index is 0. The summed E-state index contributed by atoms with van der Waals surface area (Å²) in [6.45, 7) is 4.15. The van der Waals surface area contributed by atoms with Crippen molar-refractivity contribution in [3.05, 3.63) is 35.4 Å². The summed E-state index contributed by atoms with van der Waals surface area (Å²) in [5, 5.41) is 3.52. The second kappa shape index (κ2) is 5.70. The van der Waals surface area contributed by atoms with E-state index in [0.717, 1.165) is 22.6 Å². The van der Waals surface area contributed by atoms with Crippen molar-refractivity contribution in [1.82, 2.24) is 0 Å². The summed E-state index contributed by atoms with van der Waals surface area (Å²) in [7, 11) is 4.12. The number of benzene rings is 2. The maximum absolute atomic E-state index is 6.15. The molecule has 0 amide bonds. The average Bonchev–Trinajstić information content (AvgIpc) is 2.43. The zero-order valence-corrected chi connectivity index (χ0v) is 14.3. The van der Waals surface area contributed by atoms with Gasteiger partial charge in [-0.25, -0.2) is 0 Å². The van der Waals surface area contributed by atoms with Crippen LogP contribution in [0.4, 0.5) is 22.7 Å². The summed E-state index contributed by atoms with van der Waals surface area (Å²) in [6, 6.07) is 8.62. The number of anilines is 4. The lowest BCUT2D eigenvalue weighted by Gasteiger charge is -2.25. The molecule has 0 atom stereocenters. The van der Waals surface area contributed by atoms with Crippen LogP contribution in [0.15, 0.2) is 34.1 Å². The third-order valence-corrected chi connectivity index (χ3v) is 5.03. The fourth-order valence-electron chi connectivity index (χ4n) is 2.44. The van der Waals surface area contributed by atoms with E-state index in [0.29, 0.717) is 0 Å². The Labute approximate surface area is 136 Å². The van der Waals surface area contributed by atoms with Gasteiger partial charge in [0.1, 0.15) is 0 Å². The van der Waals surface area contributed by atoms with Gasteiger partial charge >= 0.3 is 0 Å². The lowest BCUT2D eigenvalue weighted by molar-refractivity contribution is 1.12. The summed E-state index contributed by atoms with van der Waals surface area (Å²) in [5.74, 6) is 0. The molecule has 0 saturated carbocycles. The highest BCUT2D eigenvalue weighted by molar-refractivity contribution is 7.99. The molecule has 0 bridgehead atoms. The van der Waals surface area contributed by atoms with Crippen LogP contribution in [0.3, 0.4) is 0 Å². The number of nitrogen functional groups attached to an aromatic ring is 1. The minimum Gasteiger partial charge on any atom is -0.398 e. The minimum absolute atomic E-state index is 0. The van der Waals surface area contributed by atoms with E-state index in [9.17, 15) is 0 Å². The summed E-state index contributed by atoms with van der Waals surface area (Å²) >= 11 is 1.79. The number of nitrogens with one attached hydrogen (secondary N) is 1. The Morgan fingerprint density at radius 3 is 2.48 bits per heavy atom. The molecule has 1 heterocycles. The highest BCUT2D eigenvalue weighted by atomic mass is 35.5. The van der Waals surface area contributed by atoms with Crippen LogP contribution in [0.25, 0.3) is 0 Å². The molecule has 3 nitrogen and oxygen atoms in total. The SMILES string of the molecule is Cc1cc2c(c(C)c1N)Sc1cc(N(C)C)ccc1N2.Cl. The number of aryl methyl sites for hydroxylation is 1. The first kappa shape index (κ1) is 15.9. The number of rotatable bonds is 1. The predicted molar refractivity (Wildman–Crippen MR) is 95.8 cm³/mol. The average molecular weight is 322 g/mol. The maximum Gasteiger partial charge on any atom is 0.0533 e. The van der Waals surface area contributed by atoms with E-state index in [1.165, 1.54) is 21.0 Å². The Balaban J connectivity index is 0.00000161. The Morgan fingerprint density at radius 1 is 1.10 bits per heavy atom. The number of nitrogens with two attached hydrogens (primary N) is 1. The molecule has 0 spiro atoms. The van der Waals surface area contributed by atoms with Crippen molar-refractivity contribution >= 4 is 46.9 Å². The van der Waals surface area contributed by atoms with E-state index in [-0.39, 0.29) is 12.4 Å². The standard InChI is InChI=1S/C16H19N3S.ClH/c1-9-7-13-16(10(2)15(9)17)20-14-8-11(19(3)4)5-6-12(14)18-13;/h5-8,18H,17H2,1-4H3;1H. The van der Waals surface area contributed by atoms with E-state index in [1.807, 2.05) is 0 Å². The highest BCUT2D eigenvalue weighted by Gasteiger charge is 2.20. The fourth-order valence-corrected chi connectivity index (χ4v) is 3.55. The Kier molecular flexibility index (Phi) is 4.30. The zero-order chi connectivity index (χ0) is 14.4. The summed E-state index contributed by atoms with van der Waals surface area (Å²) in [6.07, 6.45) is 0. The van der Waals surface area contributed by atoms with E-state index in [4.69, 9.17) is 5.73 Å². The van der Waals surface area contributed by atoms with Gasteiger partial charge in [0.05, 0.1) is 11.4 Å². The van der Waals surface area contributed by atoms with Gasteiger partial charge in [0.2, 0.25) is 0 Å². The third-order valence-electron chi connectivity index (χ3n) is 3.74. The second-order valence-corrected chi connectivity index (χ2v) is 6.46. The molecule has 0 unspecified atom stereocenters. The molecule has 0 radical (unpaired) electrons. The Hall–Kier alpha value is -1.52. The van der Waals surface area contributed by atoms with Gasteiger partial charge in [-0.1, -0.05) is 11.8 Å². The molecule has 2 aromatic rings. The molecule has 112 valence electrons. The second-order valence-electron chi connectivity index (χ2n) is 5.41. The number of halogens is 1. The van der Waals surface area contributed by atoms with Gasteiger partial charge in [-0.05, 0) is 49.2 Å². The third kappa shape index (κ3) is 2.65. The topological polar surface area (TPSA) is 41.3 Å².